The molecule has 8 heteroatoms. The maximum atomic E-state index is 11.8. The largest absolute Gasteiger partial charge is 0.479 e. The third-order valence-corrected chi connectivity index (χ3v) is 3.39. The molecule has 8 nitrogen and oxygen atoms in total. The molecule has 0 bridgehead atoms. The fraction of sp³-hybridized carbons (Fsp3) is 0.615. The maximum Gasteiger partial charge on any atom is 0.331 e. The lowest BCUT2D eigenvalue weighted by molar-refractivity contribution is -0.139. The van der Waals surface area contributed by atoms with Crippen LogP contribution < -0.4 is 10.6 Å². The smallest absolute Gasteiger partial charge is 0.331 e. The first-order chi connectivity index (χ1) is 10.1. The van der Waals surface area contributed by atoms with Crippen LogP contribution in [-0.2, 0) is 16.6 Å². The highest BCUT2D eigenvalue weighted by Crippen LogP contribution is 2.13. The van der Waals surface area contributed by atoms with Gasteiger partial charge in [0.2, 0.25) is 0 Å². The topological polar surface area (TPSA) is 105 Å². The standard InChI is InChI=1S/C13H20N4O4/c1-17-7-10(6-15-17)11(12(18)19)16-13(20)14-5-9-3-2-4-21-8-9/h6-7,9,11H,2-5,8H2,1H3,(H,18,19)(H2,14,16,20). The minimum Gasteiger partial charge on any atom is -0.479 e. The molecule has 0 saturated carbocycles. The Kier molecular flexibility index (Phi) is 5.15. The molecule has 2 unspecified atom stereocenters. The Labute approximate surface area is 122 Å². The molecule has 2 amide bonds. The molecular weight excluding hydrogens is 276 g/mol. The number of carbonyl (C=O) groups is 2. The zero-order valence-electron chi connectivity index (χ0n) is 11.9. The second-order valence-corrected chi connectivity index (χ2v) is 5.16. The highest BCUT2D eigenvalue weighted by atomic mass is 16.5. The van der Waals surface area contributed by atoms with Gasteiger partial charge in [0.25, 0.3) is 0 Å². The Bertz CT molecular complexity index is 496. The van der Waals surface area contributed by atoms with Gasteiger partial charge in [0.05, 0.1) is 12.8 Å². The van der Waals surface area contributed by atoms with Gasteiger partial charge in [-0.15, -0.1) is 0 Å². The van der Waals surface area contributed by atoms with E-state index in [2.05, 4.69) is 15.7 Å². The summed E-state index contributed by atoms with van der Waals surface area (Å²) in [5.74, 6) is -0.842. The van der Waals surface area contributed by atoms with Crippen LogP contribution in [0.15, 0.2) is 12.4 Å². The summed E-state index contributed by atoms with van der Waals surface area (Å²) in [6.45, 7) is 1.88. The molecule has 0 spiro atoms. The number of carboxylic acids is 1. The minimum absolute atomic E-state index is 0.283. The molecule has 2 rings (SSSR count). The second kappa shape index (κ2) is 7.07. The van der Waals surface area contributed by atoms with Gasteiger partial charge in [-0.3, -0.25) is 4.68 Å². The Morgan fingerprint density at radius 1 is 1.62 bits per heavy atom. The molecule has 116 valence electrons. The van der Waals surface area contributed by atoms with Crippen LogP contribution in [0.2, 0.25) is 0 Å². The number of carboxylic acid groups (broad SMARTS) is 1. The third kappa shape index (κ3) is 4.45. The van der Waals surface area contributed by atoms with E-state index in [0.29, 0.717) is 18.7 Å². The monoisotopic (exact) mass is 296 g/mol. The van der Waals surface area contributed by atoms with E-state index in [0.717, 1.165) is 19.4 Å². The van der Waals surface area contributed by atoms with Crippen molar-refractivity contribution in [2.45, 2.75) is 18.9 Å². The lowest BCUT2D eigenvalue weighted by atomic mass is 10.0. The SMILES string of the molecule is Cn1cc(C(NC(=O)NCC2CCCOC2)C(=O)O)cn1. The van der Waals surface area contributed by atoms with Gasteiger partial charge >= 0.3 is 12.0 Å². The molecular formula is C13H20N4O4. The van der Waals surface area contributed by atoms with Crippen molar-refractivity contribution < 1.29 is 19.4 Å². The highest BCUT2D eigenvalue weighted by molar-refractivity contribution is 5.83. The van der Waals surface area contributed by atoms with Crippen molar-refractivity contribution >= 4 is 12.0 Å². The van der Waals surface area contributed by atoms with Gasteiger partial charge in [-0.25, -0.2) is 9.59 Å². The van der Waals surface area contributed by atoms with Crippen molar-refractivity contribution in [1.29, 1.82) is 0 Å². The van der Waals surface area contributed by atoms with Gasteiger partial charge < -0.3 is 20.5 Å². The van der Waals surface area contributed by atoms with Crippen LogP contribution >= 0.6 is 0 Å². The summed E-state index contributed by atoms with van der Waals surface area (Å²) < 4.78 is 6.82. The summed E-state index contributed by atoms with van der Waals surface area (Å²) in [5, 5.41) is 18.2. The Balaban J connectivity index is 1.85. The molecule has 0 aliphatic carbocycles. The number of aromatic nitrogens is 2. The van der Waals surface area contributed by atoms with Gasteiger partial charge in [-0.1, -0.05) is 0 Å². The van der Waals surface area contributed by atoms with E-state index >= 15 is 0 Å². The van der Waals surface area contributed by atoms with Crippen molar-refractivity contribution in [2.24, 2.45) is 13.0 Å². The molecule has 2 heterocycles. The third-order valence-electron chi connectivity index (χ3n) is 3.39. The van der Waals surface area contributed by atoms with Crippen molar-refractivity contribution in [3.63, 3.8) is 0 Å². The van der Waals surface area contributed by atoms with Crippen molar-refractivity contribution in [1.82, 2.24) is 20.4 Å². The first-order valence-corrected chi connectivity index (χ1v) is 6.89. The maximum absolute atomic E-state index is 11.8. The number of nitrogens with zero attached hydrogens (tertiary/aromatic N) is 2. The predicted molar refractivity (Wildman–Crippen MR) is 73.7 cm³/mol. The lowest BCUT2D eigenvalue weighted by Crippen LogP contribution is -2.43. The number of aryl methyl sites for hydroxylation is 1. The van der Waals surface area contributed by atoms with E-state index in [4.69, 9.17) is 4.74 Å². The van der Waals surface area contributed by atoms with E-state index in [1.165, 1.54) is 10.9 Å². The molecule has 1 aromatic rings. The Hall–Kier alpha value is -2.09. The number of nitrogens with one attached hydrogen (secondary N) is 2. The molecule has 1 aliphatic rings. The summed E-state index contributed by atoms with van der Waals surface area (Å²) in [6, 6.07) is -1.61. The van der Waals surface area contributed by atoms with Crippen molar-refractivity contribution in [2.75, 3.05) is 19.8 Å². The molecule has 0 aromatic carbocycles. The number of urea groups is 1. The van der Waals surface area contributed by atoms with Crippen LogP contribution in [-0.4, -0.2) is 46.6 Å². The Morgan fingerprint density at radius 2 is 2.43 bits per heavy atom. The quantitative estimate of drug-likeness (QED) is 0.723. The van der Waals surface area contributed by atoms with E-state index in [-0.39, 0.29) is 5.92 Å². The number of hydrogen-bond donors (Lipinski definition) is 3. The average Bonchev–Trinajstić information content (AvgIpc) is 2.89. The lowest BCUT2D eigenvalue weighted by Gasteiger charge is -2.22. The van der Waals surface area contributed by atoms with Gasteiger partial charge in [0.15, 0.2) is 6.04 Å². The molecule has 1 aromatic heterocycles. The number of hydrogen-bond acceptors (Lipinski definition) is 4. The summed E-state index contributed by atoms with van der Waals surface area (Å²) in [5.41, 5.74) is 0.432. The number of carbonyl (C=O) groups excluding carboxylic acids is 1. The van der Waals surface area contributed by atoms with Crippen LogP contribution in [0, 0.1) is 5.92 Å². The first kappa shape index (κ1) is 15.3. The van der Waals surface area contributed by atoms with Gasteiger partial charge in [0, 0.05) is 32.0 Å². The highest BCUT2D eigenvalue weighted by Gasteiger charge is 2.24. The molecule has 1 saturated heterocycles. The van der Waals surface area contributed by atoms with Gasteiger partial charge in [-0.2, -0.15) is 5.10 Å². The van der Waals surface area contributed by atoms with Crippen LogP contribution in [0.3, 0.4) is 0 Å². The normalized spacial score (nSPS) is 19.8. The van der Waals surface area contributed by atoms with Gasteiger partial charge in [-0.05, 0) is 18.8 Å². The first-order valence-electron chi connectivity index (χ1n) is 6.89. The second-order valence-electron chi connectivity index (χ2n) is 5.16. The van der Waals surface area contributed by atoms with E-state index in [1.807, 2.05) is 0 Å². The molecule has 21 heavy (non-hydrogen) atoms. The zero-order valence-corrected chi connectivity index (χ0v) is 11.9. The zero-order chi connectivity index (χ0) is 15.2. The van der Waals surface area contributed by atoms with E-state index in [9.17, 15) is 14.7 Å². The van der Waals surface area contributed by atoms with Crippen molar-refractivity contribution in [3.8, 4) is 0 Å². The van der Waals surface area contributed by atoms with E-state index in [1.54, 1.807) is 13.2 Å². The number of ether oxygens (including phenoxy) is 1. The van der Waals surface area contributed by atoms with E-state index < -0.39 is 18.0 Å². The minimum atomic E-state index is -1.13. The number of amides is 2. The van der Waals surface area contributed by atoms with Crippen LogP contribution in [0.25, 0.3) is 0 Å². The van der Waals surface area contributed by atoms with Crippen LogP contribution in [0.4, 0.5) is 4.79 Å². The van der Waals surface area contributed by atoms with Crippen molar-refractivity contribution in [3.05, 3.63) is 18.0 Å². The number of rotatable bonds is 5. The predicted octanol–water partition coefficient (Wildman–Crippen LogP) is 0.272. The summed E-state index contributed by atoms with van der Waals surface area (Å²) in [4.78, 5) is 23.1. The molecule has 0 radical (unpaired) electrons. The summed E-state index contributed by atoms with van der Waals surface area (Å²) in [7, 11) is 1.69. The average molecular weight is 296 g/mol. The fourth-order valence-corrected chi connectivity index (χ4v) is 2.26. The number of aliphatic carboxylic acids is 1. The molecule has 3 N–H and O–H groups in total. The molecule has 1 aliphatic heterocycles. The van der Waals surface area contributed by atoms with Crippen LogP contribution in [0.1, 0.15) is 24.4 Å². The molecule has 1 fully saturated rings. The van der Waals surface area contributed by atoms with Crippen LogP contribution in [0.5, 0.6) is 0 Å². The molecule has 2 atom stereocenters. The van der Waals surface area contributed by atoms with Gasteiger partial charge in [0.1, 0.15) is 0 Å². The summed E-state index contributed by atoms with van der Waals surface area (Å²) >= 11 is 0. The Morgan fingerprint density at radius 3 is 3.00 bits per heavy atom. The fourth-order valence-electron chi connectivity index (χ4n) is 2.26. The summed E-state index contributed by atoms with van der Waals surface area (Å²) in [6.07, 6.45) is 4.98.